The molecule has 0 aliphatic rings. The van der Waals surface area contributed by atoms with Crippen LogP contribution in [0.5, 0.6) is 5.75 Å². The van der Waals surface area contributed by atoms with E-state index in [-0.39, 0.29) is 0 Å². The molecule has 0 radical (unpaired) electrons. The Hall–Kier alpha value is -1.96. The number of rotatable bonds is 6. The number of anilines is 1. The van der Waals surface area contributed by atoms with Crippen LogP contribution < -0.4 is 10.1 Å². The van der Waals surface area contributed by atoms with E-state index >= 15 is 0 Å². The van der Waals surface area contributed by atoms with Crippen LogP contribution in [-0.2, 0) is 0 Å². The molecule has 0 aliphatic heterocycles. The van der Waals surface area contributed by atoms with Crippen molar-refractivity contribution < 1.29 is 4.74 Å². The van der Waals surface area contributed by atoms with Crippen molar-refractivity contribution in [2.75, 3.05) is 18.5 Å². The van der Waals surface area contributed by atoms with Crippen LogP contribution in [0.15, 0.2) is 36.4 Å². The van der Waals surface area contributed by atoms with Gasteiger partial charge in [-0.25, -0.2) is 0 Å². The summed E-state index contributed by atoms with van der Waals surface area (Å²) in [6, 6.07) is 12.8. The van der Waals surface area contributed by atoms with Gasteiger partial charge < -0.3 is 10.1 Å². The Bertz CT molecular complexity index is 632. The van der Waals surface area contributed by atoms with Crippen molar-refractivity contribution >= 4 is 5.69 Å². The van der Waals surface area contributed by atoms with Crippen LogP contribution in [0.2, 0.25) is 0 Å². The molecule has 2 aromatic rings. The molecule has 0 fully saturated rings. The summed E-state index contributed by atoms with van der Waals surface area (Å²) in [7, 11) is 0. The lowest BCUT2D eigenvalue weighted by Gasteiger charge is -2.16. The monoisotopic (exact) mass is 297 g/mol. The lowest BCUT2D eigenvalue weighted by molar-refractivity contribution is 0.328. The molecule has 2 heteroatoms. The van der Waals surface area contributed by atoms with Gasteiger partial charge in [0.1, 0.15) is 12.4 Å². The highest BCUT2D eigenvalue weighted by Crippen LogP contribution is 2.27. The summed E-state index contributed by atoms with van der Waals surface area (Å²) >= 11 is 0. The fraction of sp³-hybridized carbons (Fsp3) is 0.400. The summed E-state index contributed by atoms with van der Waals surface area (Å²) in [5.74, 6) is 1.49. The van der Waals surface area contributed by atoms with E-state index in [0.717, 1.165) is 12.3 Å². The summed E-state index contributed by atoms with van der Waals surface area (Å²) in [5, 5.41) is 3.46. The van der Waals surface area contributed by atoms with E-state index in [1.54, 1.807) is 0 Å². The highest BCUT2D eigenvalue weighted by molar-refractivity contribution is 5.53. The second-order valence-corrected chi connectivity index (χ2v) is 6.22. The first-order chi connectivity index (χ1) is 10.5. The minimum Gasteiger partial charge on any atom is -0.491 e. The van der Waals surface area contributed by atoms with E-state index < -0.39 is 0 Å². The zero-order valence-corrected chi connectivity index (χ0v) is 14.4. The van der Waals surface area contributed by atoms with E-state index in [4.69, 9.17) is 4.74 Å². The molecule has 0 heterocycles. The van der Waals surface area contributed by atoms with Gasteiger partial charge in [-0.15, -0.1) is 0 Å². The maximum absolute atomic E-state index is 6.01. The Labute approximate surface area is 134 Å². The molecule has 1 N–H and O–H groups in total. The number of nitrogens with one attached hydrogen (secondary N) is 1. The van der Waals surface area contributed by atoms with Gasteiger partial charge in [-0.05, 0) is 61.1 Å². The third kappa shape index (κ3) is 4.03. The van der Waals surface area contributed by atoms with Gasteiger partial charge in [0.25, 0.3) is 0 Å². The summed E-state index contributed by atoms with van der Waals surface area (Å²) < 4.78 is 6.01. The average Bonchev–Trinajstić information content (AvgIpc) is 2.47. The number of hydrogen-bond acceptors (Lipinski definition) is 2. The second kappa shape index (κ2) is 7.35. The van der Waals surface area contributed by atoms with Gasteiger partial charge in [-0.2, -0.15) is 0 Å². The summed E-state index contributed by atoms with van der Waals surface area (Å²) in [4.78, 5) is 0. The van der Waals surface area contributed by atoms with Crippen LogP contribution in [0.25, 0.3) is 0 Å². The number of hydrogen-bond donors (Lipinski definition) is 1. The molecule has 0 saturated carbocycles. The van der Waals surface area contributed by atoms with Crippen LogP contribution in [-0.4, -0.2) is 13.2 Å². The number of aryl methyl sites for hydroxylation is 2. The lowest BCUT2D eigenvalue weighted by Crippen LogP contribution is -2.13. The van der Waals surface area contributed by atoms with Crippen molar-refractivity contribution in [3.8, 4) is 5.75 Å². The van der Waals surface area contributed by atoms with Crippen molar-refractivity contribution in [2.24, 2.45) is 0 Å². The van der Waals surface area contributed by atoms with Gasteiger partial charge in [0.15, 0.2) is 0 Å². The van der Waals surface area contributed by atoms with Crippen molar-refractivity contribution in [2.45, 2.75) is 40.5 Å². The molecular weight excluding hydrogens is 270 g/mol. The van der Waals surface area contributed by atoms with Crippen LogP contribution in [0.3, 0.4) is 0 Å². The minimum atomic E-state index is 0.475. The molecule has 118 valence electrons. The van der Waals surface area contributed by atoms with Crippen LogP contribution >= 0.6 is 0 Å². The largest absolute Gasteiger partial charge is 0.491 e. The fourth-order valence-corrected chi connectivity index (χ4v) is 2.53. The summed E-state index contributed by atoms with van der Waals surface area (Å²) in [6.07, 6.45) is 0. The predicted octanol–water partition coefficient (Wildman–Crippen LogP) is 5.23. The maximum atomic E-state index is 6.01. The van der Waals surface area contributed by atoms with Crippen LogP contribution in [0, 0.1) is 20.8 Å². The molecule has 0 atom stereocenters. The van der Waals surface area contributed by atoms with Gasteiger partial charge in [0.2, 0.25) is 0 Å². The van der Waals surface area contributed by atoms with Gasteiger partial charge >= 0.3 is 0 Å². The molecule has 2 nitrogen and oxygen atoms in total. The van der Waals surface area contributed by atoms with E-state index in [9.17, 15) is 0 Å². The topological polar surface area (TPSA) is 21.3 Å². The lowest BCUT2D eigenvalue weighted by atomic mass is 10.0. The Morgan fingerprint density at radius 3 is 2.55 bits per heavy atom. The predicted molar refractivity (Wildman–Crippen MR) is 95.2 cm³/mol. The van der Waals surface area contributed by atoms with Crippen LogP contribution in [0.4, 0.5) is 5.69 Å². The van der Waals surface area contributed by atoms with E-state index in [2.05, 4.69) is 76.3 Å². The third-order valence-corrected chi connectivity index (χ3v) is 4.07. The standard InChI is InChI=1S/C20H27NO/c1-14(2)18-10-9-15(3)13-20(18)22-12-11-21-19-8-6-7-16(4)17(19)5/h6-10,13-14,21H,11-12H2,1-5H3. The molecule has 0 aliphatic carbocycles. The number of benzene rings is 2. The quantitative estimate of drug-likeness (QED) is 0.737. The van der Waals surface area contributed by atoms with Crippen molar-refractivity contribution in [3.05, 3.63) is 58.7 Å². The van der Waals surface area contributed by atoms with Crippen LogP contribution in [0.1, 0.15) is 42.0 Å². The molecule has 2 aromatic carbocycles. The Balaban J connectivity index is 1.94. The third-order valence-electron chi connectivity index (χ3n) is 4.07. The molecule has 0 saturated heterocycles. The molecule has 0 aromatic heterocycles. The Morgan fingerprint density at radius 2 is 1.82 bits per heavy atom. The zero-order valence-electron chi connectivity index (χ0n) is 14.4. The second-order valence-electron chi connectivity index (χ2n) is 6.22. The van der Waals surface area contributed by atoms with E-state index in [0.29, 0.717) is 12.5 Å². The smallest absolute Gasteiger partial charge is 0.123 e. The first-order valence-corrected chi connectivity index (χ1v) is 8.02. The Kier molecular flexibility index (Phi) is 5.48. The van der Waals surface area contributed by atoms with Gasteiger partial charge in [0, 0.05) is 12.2 Å². The number of ether oxygens (including phenoxy) is 1. The summed E-state index contributed by atoms with van der Waals surface area (Å²) in [6.45, 7) is 12.3. The molecule has 0 amide bonds. The normalized spacial score (nSPS) is 10.8. The molecule has 2 rings (SSSR count). The SMILES string of the molecule is Cc1ccc(C(C)C)c(OCCNc2cccc(C)c2C)c1. The Morgan fingerprint density at radius 1 is 1.05 bits per heavy atom. The molecule has 22 heavy (non-hydrogen) atoms. The zero-order chi connectivity index (χ0) is 16.1. The molecule has 0 bridgehead atoms. The van der Waals surface area contributed by atoms with Gasteiger partial charge in [-0.3, -0.25) is 0 Å². The molecule has 0 unspecified atom stereocenters. The highest BCUT2D eigenvalue weighted by atomic mass is 16.5. The van der Waals surface area contributed by atoms with E-state index in [1.165, 1.54) is 27.9 Å². The van der Waals surface area contributed by atoms with Crippen molar-refractivity contribution in [1.82, 2.24) is 0 Å². The highest BCUT2D eigenvalue weighted by Gasteiger charge is 2.08. The van der Waals surface area contributed by atoms with Gasteiger partial charge in [0.05, 0.1) is 0 Å². The van der Waals surface area contributed by atoms with Gasteiger partial charge in [-0.1, -0.05) is 38.1 Å². The minimum absolute atomic E-state index is 0.475. The fourth-order valence-electron chi connectivity index (χ4n) is 2.53. The van der Waals surface area contributed by atoms with Crippen molar-refractivity contribution in [3.63, 3.8) is 0 Å². The van der Waals surface area contributed by atoms with E-state index in [1.807, 2.05) is 0 Å². The summed E-state index contributed by atoms with van der Waals surface area (Å²) in [5.41, 5.74) is 6.32. The van der Waals surface area contributed by atoms with Crippen molar-refractivity contribution in [1.29, 1.82) is 0 Å². The first kappa shape index (κ1) is 16.4. The molecule has 0 spiro atoms. The first-order valence-electron chi connectivity index (χ1n) is 8.02. The maximum Gasteiger partial charge on any atom is 0.123 e. The average molecular weight is 297 g/mol. The molecular formula is C20H27NO.